The number of amides is 2. The quantitative estimate of drug-likeness (QED) is 0.342. The van der Waals surface area contributed by atoms with Crippen molar-refractivity contribution in [2.24, 2.45) is 5.92 Å². The van der Waals surface area contributed by atoms with E-state index in [0.29, 0.717) is 10.7 Å². The Morgan fingerprint density at radius 3 is 2.55 bits per heavy atom. The number of aromatic nitrogens is 1. The van der Waals surface area contributed by atoms with Gasteiger partial charge in [0, 0.05) is 20.1 Å². The van der Waals surface area contributed by atoms with Gasteiger partial charge in [0.2, 0.25) is 11.8 Å². The number of thiazole rings is 1. The lowest BCUT2D eigenvalue weighted by molar-refractivity contribution is -0.144. The van der Waals surface area contributed by atoms with Crippen molar-refractivity contribution in [1.82, 2.24) is 4.57 Å². The summed E-state index contributed by atoms with van der Waals surface area (Å²) in [7, 11) is 0. The van der Waals surface area contributed by atoms with Crippen LogP contribution >= 0.6 is 50.4 Å². The highest BCUT2D eigenvalue weighted by molar-refractivity contribution is 9.10. The Bertz CT molecular complexity index is 1300. The number of halogens is 1. The molecule has 2 aromatic heterocycles. The summed E-state index contributed by atoms with van der Waals surface area (Å²) >= 11 is 7.10. The van der Waals surface area contributed by atoms with Crippen LogP contribution in [-0.2, 0) is 25.7 Å². The lowest BCUT2D eigenvalue weighted by atomic mass is 9.87. The third kappa shape index (κ3) is 3.80. The van der Waals surface area contributed by atoms with Crippen LogP contribution in [-0.4, -0.2) is 34.2 Å². The second-order valence-corrected chi connectivity index (χ2v) is 11.5. The first kappa shape index (κ1) is 22.6. The maximum Gasteiger partial charge on any atom is 0.326 e. The normalized spacial score (nSPS) is 21.8. The van der Waals surface area contributed by atoms with E-state index in [1.54, 1.807) is 31.2 Å². The highest BCUT2D eigenvalue weighted by Gasteiger charge is 2.57. The van der Waals surface area contributed by atoms with Gasteiger partial charge >= 0.3 is 10.8 Å². The van der Waals surface area contributed by atoms with E-state index in [2.05, 4.69) is 15.9 Å². The van der Waals surface area contributed by atoms with Gasteiger partial charge in [-0.1, -0.05) is 45.1 Å². The molecule has 5 rings (SSSR count). The second-order valence-electron chi connectivity index (χ2n) is 7.47. The van der Waals surface area contributed by atoms with Gasteiger partial charge in [0.05, 0.1) is 23.2 Å². The molecule has 33 heavy (non-hydrogen) atoms. The monoisotopic (exact) mass is 564 g/mol. The molecule has 1 fully saturated rings. The van der Waals surface area contributed by atoms with E-state index in [4.69, 9.17) is 4.74 Å². The van der Waals surface area contributed by atoms with Crippen molar-refractivity contribution in [2.75, 3.05) is 11.5 Å². The SMILES string of the molecule is CCOC(=O)Cn1c2c(sc1=O)C(c1cccs1)C1C(=O)N(c3ccc(Br)cc3)C(=O)C1S2. The number of carbonyl (C=O) groups excluding carboxylic acids is 3. The van der Waals surface area contributed by atoms with Crippen LogP contribution in [0, 0.1) is 5.92 Å². The van der Waals surface area contributed by atoms with Gasteiger partial charge < -0.3 is 4.74 Å². The molecule has 7 nitrogen and oxygen atoms in total. The van der Waals surface area contributed by atoms with Gasteiger partial charge in [-0.05, 0) is 42.6 Å². The Hall–Kier alpha value is -2.21. The number of thiophene rings is 1. The van der Waals surface area contributed by atoms with Crippen LogP contribution in [0.1, 0.15) is 22.6 Å². The highest BCUT2D eigenvalue weighted by atomic mass is 79.9. The van der Waals surface area contributed by atoms with Gasteiger partial charge in [-0.3, -0.25) is 23.7 Å². The molecule has 2 aliphatic heterocycles. The van der Waals surface area contributed by atoms with Gasteiger partial charge in [0.1, 0.15) is 11.8 Å². The molecule has 2 aliphatic rings. The van der Waals surface area contributed by atoms with Crippen molar-refractivity contribution in [3.63, 3.8) is 0 Å². The first-order valence-corrected chi connectivity index (χ1v) is 13.5. The largest absolute Gasteiger partial charge is 0.465 e. The number of thioether (sulfide) groups is 1. The average molecular weight is 565 g/mol. The van der Waals surface area contributed by atoms with E-state index >= 15 is 0 Å². The minimum absolute atomic E-state index is 0.213. The lowest BCUT2D eigenvalue weighted by Crippen LogP contribution is -2.32. The molecular formula is C22H17BrN2O5S3. The molecule has 170 valence electrons. The molecule has 3 atom stereocenters. The molecule has 11 heteroatoms. The van der Waals surface area contributed by atoms with E-state index in [-0.39, 0.29) is 29.8 Å². The lowest BCUT2D eigenvalue weighted by Gasteiger charge is -2.29. The van der Waals surface area contributed by atoms with Crippen LogP contribution in [0.2, 0.25) is 0 Å². The third-order valence-electron chi connectivity index (χ3n) is 5.58. The van der Waals surface area contributed by atoms with Crippen LogP contribution in [0.4, 0.5) is 5.69 Å². The number of hydrogen-bond acceptors (Lipinski definition) is 8. The number of rotatable bonds is 5. The van der Waals surface area contributed by atoms with E-state index in [9.17, 15) is 19.2 Å². The molecule has 0 spiro atoms. The number of ether oxygens (including phenoxy) is 1. The summed E-state index contributed by atoms with van der Waals surface area (Å²) < 4.78 is 7.26. The molecule has 4 heterocycles. The fourth-order valence-corrected chi connectivity index (χ4v) is 8.20. The Labute approximate surface area is 209 Å². The smallest absolute Gasteiger partial charge is 0.326 e. The molecular weight excluding hydrogens is 548 g/mol. The zero-order valence-electron chi connectivity index (χ0n) is 17.2. The number of carbonyl (C=O) groups is 3. The molecule has 0 radical (unpaired) electrons. The van der Waals surface area contributed by atoms with E-state index in [1.165, 1.54) is 32.6 Å². The maximum absolute atomic E-state index is 13.6. The zero-order valence-corrected chi connectivity index (χ0v) is 21.3. The second kappa shape index (κ2) is 8.86. The zero-order chi connectivity index (χ0) is 23.3. The summed E-state index contributed by atoms with van der Waals surface area (Å²) in [6.07, 6.45) is 0. The number of esters is 1. The molecule has 0 N–H and O–H groups in total. The minimum Gasteiger partial charge on any atom is -0.465 e. The van der Waals surface area contributed by atoms with E-state index in [1.807, 2.05) is 17.5 Å². The number of anilines is 1. The Morgan fingerprint density at radius 2 is 1.88 bits per heavy atom. The number of benzene rings is 1. The van der Waals surface area contributed by atoms with Gasteiger partial charge in [-0.25, -0.2) is 4.90 Å². The Morgan fingerprint density at radius 1 is 1.12 bits per heavy atom. The fraction of sp³-hybridized carbons (Fsp3) is 0.273. The van der Waals surface area contributed by atoms with Crippen molar-refractivity contribution in [3.05, 3.63) is 65.7 Å². The van der Waals surface area contributed by atoms with Crippen LogP contribution in [0.5, 0.6) is 0 Å². The first-order chi connectivity index (χ1) is 15.9. The molecule has 1 saturated heterocycles. The summed E-state index contributed by atoms with van der Waals surface area (Å²) in [5, 5.41) is 1.79. The van der Waals surface area contributed by atoms with Crippen molar-refractivity contribution in [3.8, 4) is 0 Å². The van der Waals surface area contributed by atoms with Gasteiger partial charge in [0.25, 0.3) is 0 Å². The summed E-state index contributed by atoms with van der Waals surface area (Å²) in [6.45, 7) is 1.69. The number of hydrogen-bond donors (Lipinski definition) is 0. The van der Waals surface area contributed by atoms with Crippen molar-refractivity contribution in [2.45, 2.75) is 29.7 Å². The minimum atomic E-state index is -0.691. The summed E-state index contributed by atoms with van der Waals surface area (Å²) in [5.74, 6) is -2.16. The van der Waals surface area contributed by atoms with E-state index < -0.39 is 23.1 Å². The number of fused-ring (bicyclic) bond motifs is 2. The van der Waals surface area contributed by atoms with Crippen LogP contribution < -0.4 is 9.77 Å². The molecule has 0 aliphatic carbocycles. The number of imide groups is 1. The topological polar surface area (TPSA) is 85.7 Å². The predicted octanol–water partition coefficient (Wildman–Crippen LogP) is 4.09. The first-order valence-electron chi connectivity index (χ1n) is 10.1. The molecule has 0 bridgehead atoms. The predicted molar refractivity (Wildman–Crippen MR) is 131 cm³/mol. The Kier molecular flexibility index (Phi) is 6.06. The van der Waals surface area contributed by atoms with Gasteiger partial charge in [-0.15, -0.1) is 11.3 Å². The van der Waals surface area contributed by atoms with Crippen molar-refractivity contribution in [1.29, 1.82) is 0 Å². The van der Waals surface area contributed by atoms with Crippen molar-refractivity contribution < 1.29 is 19.1 Å². The summed E-state index contributed by atoms with van der Waals surface area (Å²) in [4.78, 5) is 54.7. The molecule has 1 aromatic carbocycles. The third-order valence-corrected chi connectivity index (χ3v) is 9.66. The number of nitrogens with zero attached hydrogens (tertiary/aromatic N) is 2. The highest BCUT2D eigenvalue weighted by Crippen LogP contribution is 2.54. The summed E-state index contributed by atoms with van der Waals surface area (Å²) in [6, 6.07) is 10.8. The molecule has 2 amide bonds. The molecule has 3 unspecified atom stereocenters. The average Bonchev–Trinajstić information content (AvgIpc) is 3.48. The maximum atomic E-state index is 13.6. The standard InChI is InChI=1S/C22H17BrN2O5S3/c1-2-30-14(26)10-24-21-18(33-22(24)29)15(13-4-3-9-31-13)16-17(32-21)20(28)25(19(16)27)12-7-5-11(23)6-8-12/h3-9,15-17H,2,10H2,1H3. The van der Waals surface area contributed by atoms with Gasteiger partial charge in [0.15, 0.2) is 0 Å². The van der Waals surface area contributed by atoms with Crippen LogP contribution in [0.15, 0.2) is 56.1 Å². The van der Waals surface area contributed by atoms with E-state index in [0.717, 1.165) is 25.6 Å². The molecule has 3 aromatic rings. The Balaban J connectivity index is 1.61. The van der Waals surface area contributed by atoms with Crippen molar-refractivity contribution >= 4 is 73.8 Å². The van der Waals surface area contributed by atoms with Crippen LogP contribution in [0.25, 0.3) is 0 Å². The van der Waals surface area contributed by atoms with Crippen LogP contribution in [0.3, 0.4) is 0 Å². The van der Waals surface area contributed by atoms with Gasteiger partial charge in [-0.2, -0.15) is 0 Å². The fourth-order valence-electron chi connectivity index (χ4n) is 4.21. The molecule has 0 saturated carbocycles. The summed E-state index contributed by atoms with van der Waals surface area (Å²) in [5.41, 5.74) is 0.514.